The predicted octanol–water partition coefficient (Wildman–Crippen LogP) is -10.2. The Bertz CT molecular complexity index is 1720. The predicted molar refractivity (Wildman–Crippen MR) is 253 cm³/mol. The smallest absolute Gasteiger partial charge is 0.234 e. The third-order valence-electron chi connectivity index (χ3n) is 13.0. The van der Waals surface area contributed by atoms with E-state index < -0.39 is 174 Å². The Kier molecular flexibility index (Phi) is 28.9. The number of aliphatic hydroxyl groups is 13. The van der Waals surface area contributed by atoms with Crippen LogP contribution in [0.15, 0.2) is 0 Å². The van der Waals surface area contributed by atoms with Crippen molar-refractivity contribution >= 4 is 23.6 Å². The van der Waals surface area contributed by atoms with Crippen LogP contribution in [0.4, 0.5) is 0 Å². The number of ether oxygens (including phenoxy) is 8. The molecule has 2 unspecified atom stereocenters. The van der Waals surface area contributed by atoms with E-state index in [1.165, 1.54) is 11.8 Å². The number of nitrogens with zero attached hydrogens (tertiary/aromatic N) is 1. The van der Waals surface area contributed by atoms with E-state index in [9.17, 15) is 85.6 Å². The summed E-state index contributed by atoms with van der Waals surface area (Å²) >= 11 is 0. The average Bonchev–Trinajstić information content (AvgIpc) is 3.39. The lowest BCUT2D eigenvalue weighted by molar-refractivity contribution is -0.366. The minimum atomic E-state index is -1.96. The monoisotopic (exact) mass is 1110 g/mol. The maximum absolute atomic E-state index is 13.2. The lowest BCUT2D eigenvalue weighted by atomic mass is 9.96. The molecule has 76 heavy (non-hydrogen) atoms. The van der Waals surface area contributed by atoms with Crippen LogP contribution < -0.4 is 27.0 Å². The molecule has 0 aromatic carbocycles. The fourth-order valence-corrected chi connectivity index (χ4v) is 8.47. The van der Waals surface area contributed by atoms with Gasteiger partial charge < -0.3 is 131 Å². The summed E-state index contributed by atoms with van der Waals surface area (Å²) in [5, 5.41) is 144. The molecule has 0 aromatic heterocycles. The van der Waals surface area contributed by atoms with E-state index in [-0.39, 0.29) is 51.7 Å². The minimum Gasteiger partial charge on any atom is -0.394 e. The first-order valence-electron chi connectivity index (χ1n) is 25.5. The molecule has 31 nitrogen and oxygen atoms in total. The van der Waals surface area contributed by atoms with Crippen molar-refractivity contribution in [3.05, 3.63) is 0 Å². The Morgan fingerprint density at radius 1 is 0.461 bits per heavy atom. The summed E-state index contributed by atoms with van der Waals surface area (Å²) in [7, 11) is 0. The van der Waals surface area contributed by atoms with Gasteiger partial charge in [0.2, 0.25) is 23.6 Å². The first kappa shape index (κ1) is 65.5. The summed E-state index contributed by atoms with van der Waals surface area (Å²) in [6.45, 7) is -1.43. The second-order valence-corrected chi connectivity index (χ2v) is 19.0. The van der Waals surface area contributed by atoms with Gasteiger partial charge in [-0.1, -0.05) is 12.8 Å². The molecule has 0 spiro atoms. The zero-order valence-electron chi connectivity index (χ0n) is 42.4. The number of nitrogens with one attached hydrogen (secondary N) is 4. The van der Waals surface area contributed by atoms with Gasteiger partial charge in [0, 0.05) is 32.6 Å². The average molecular weight is 1110 g/mol. The van der Waals surface area contributed by atoms with E-state index in [2.05, 4.69) is 21.3 Å². The van der Waals surface area contributed by atoms with E-state index >= 15 is 0 Å². The lowest BCUT2D eigenvalue weighted by Crippen LogP contribution is -2.65. The van der Waals surface area contributed by atoms with Crippen LogP contribution in [0.25, 0.3) is 0 Å². The standard InChI is InChI=1S/C45H82N6O25/c1-22-30(58)34(62)37(65)42(72-22)69-14-12-49-26(54)8-4-2-6-10-47-27(55)16-51(17-28(56)48-11-7-3-5-9-46)18-29(57)50-13-15-70-44-40(68)41(76-45-39(67)36(64)32(60)24(20-53)74-45)33(61)25(75-44)21-71-43-38(66)35(63)31(59)23(19-52)73-43/h22-25,30-45,52-53,58-68H,2-21,46H2,1H3,(H,47,55)(H,48,56)(H,49,54)(H,50,57)/t22-,23+,24-,25+,30+,31+,32-,33+,34+,35-,36+,37-,38-,39+,40-,41-,42?,43-,44-,45?/m0/s1. The molecule has 31 heteroatoms. The SMILES string of the molecule is C[C@@H]1OC(OCCNC(=O)CCCCCNC(=O)CN(CC(=O)NCCCCCN)CC(=O)NCCO[C@H]2O[C@H](CO[C@H]3O[C@H](CO)[C@@H](O)[C@H](O)[C@@H]3O)[C@@H](O)[C@H](OC3O[C@@H](CO)[C@H](O)[C@@H](O)[C@H]3O)[C@@H]2O)[C@@H](O)[C@H](O)[C@@H]1O. The molecule has 4 aliphatic heterocycles. The molecule has 4 heterocycles. The molecule has 0 radical (unpaired) electrons. The molecule has 4 aliphatic rings. The van der Waals surface area contributed by atoms with Crippen molar-refractivity contribution in [2.75, 3.05) is 85.4 Å². The van der Waals surface area contributed by atoms with Crippen molar-refractivity contribution in [2.24, 2.45) is 5.73 Å². The van der Waals surface area contributed by atoms with Gasteiger partial charge in [-0.2, -0.15) is 0 Å². The van der Waals surface area contributed by atoms with Crippen molar-refractivity contribution < 1.29 is 123 Å². The topological polar surface area (TPSA) is 482 Å². The fraction of sp³-hybridized carbons (Fsp3) is 0.911. The van der Waals surface area contributed by atoms with Gasteiger partial charge in [0.25, 0.3) is 0 Å². The molecule has 442 valence electrons. The molecule has 4 fully saturated rings. The van der Waals surface area contributed by atoms with Gasteiger partial charge in [0.1, 0.15) is 91.6 Å². The van der Waals surface area contributed by atoms with Gasteiger partial charge in [-0.25, -0.2) is 0 Å². The van der Waals surface area contributed by atoms with Crippen LogP contribution in [-0.4, -0.2) is 303 Å². The highest BCUT2D eigenvalue weighted by molar-refractivity contribution is 5.84. The molecule has 0 saturated carbocycles. The summed E-state index contributed by atoms with van der Waals surface area (Å²) in [5.74, 6) is -1.87. The second-order valence-electron chi connectivity index (χ2n) is 19.0. The van der Waals surface area contributed by atoms with Crippen LogP contribution in [0.2, 0.25) is 0 Å². The zero-order valence-corrected chi connectivity index (χ0v) is 42.4. The molecule has 19 N–H and O–H groups in total. The van der Waals surface area contributed by atoms with Gasteiger partial charge in [0.05, 0.1) is 58.8 Å². The van der Waals surface area contributed by atoms with Gasteiger partial charge in [-0.15, -0.1) is 0 Å². The number of unbranched alkanes of at least 4 members (excludes halogenated alkanes) is 4. The number of nitrogens with two attached hydrogens (primary N) is 1. The molecule has 0 aromatic rings. The van der Waals surface area contributed by atoms with Gasteiger partial charge in [0.15, 0.2) is 25.2 Å². The van der Waals surface area contributed by atoms with Crippen molar-refractivity contribution in [1.82, 2.24) is 26.2 Å². The zero-order chi connectivity index (χ0) is 56.1. The number of hydrogen-bond donors (Lipinski definition) is 18. The van der Waals surface area contributed by atoms with Crippen LogP contribution in [0.1, 0.15) is 51.9 Å². The maximum Gasteiger partial charge on any atom is 0.234 e. The first-order valence-corrected chi connectivity index (χ1v) is 25.5. The quantitative estimate of drug-likeness (QED) is 0.0278. The van der Waals surface area contributed by atoms with E-state index in [1.807, 2.05) is 0 Å². The molecular formula is C45H82N6O25. The number of carbonyl (C=O) groups excluding carboxylic acids is 4. The molecule has 4 rings (SSSR count). The van der Waals surface area contributed by atoms with Crippen molar-refractivity contribution in [3.63, 3.8) is 0 Å². The highest BCUT2D eigenvalue weighted by Crippen LogP contribution is 2.31. The second kappa shape index (κ2) is 33.5. The normalized spacial score (nSPS) is 35.9. The van der Waals surface area contributed by atoms with E-state index in [0.29, 0.717) is 38.8 Å². The molecule has 20 atom stereocenters. The van der Waals surface area contributed by atoms with Gasteiger partial charge >= 0.3 is 0 Å². The first-order chi connectivity index (χ1) is 36.2. The largest absolute Gasteiger partial charge is 0.394 e. The molecule has 4 saturated heterocycles. The number of amides is 4. The molecule has 4 amide bonds. The summed E-state index contributed by atoms with van der Waals surface area (Å²) in [5.41, 5.74) is 5.54. The van der Waals surface area contributed by atoms with E-state index in [0.717, 1.165) is 12.8 Å². The van der Waals surface area contributed by atoms with Crippen molar-refractivity contribution in [2.45, 2.75) is 175 Å². The van der Waals surface area contributed by atoms with Crippen molar-refractivity contribution in [3.8, 4) is 0 Å². The Labute approximate surface area is 438 Å². The van der Waals surface area contributed by atoms with Crippen LogP contribution in [0, 0.1) is 0 Å². The third kappa shape index (κ3) is 19.9. The maximum atomic E-state index is 13.2. The fourth-order valence-electron chi connectivity index (χ4n) is 8.47. The Hall–Kier alpha value is -3.04. The third-order valence-corrected chi connectivity index (χ3v) is 13.0. The molecular weight excluding hydrogens is 1020 g/mol. The van der Waals surface area contributed by atoms with Crippen LogP contribution >= 0.6 is 0 Å². The summed E-state index contributed by atoms with van der Waals surface area (Å²) in [6.07, 6.45) is -28.4. The number of hydrogen-bond acceptors (Lipinski definition) is 27. The summed E-state index contributed by atoms with van der Waals surface area (Å²) in [6, 6.07) is 0. The van der Waals surface area contributed by atoms with Gasteiger partial charge in [-0.3, -0.25) is 24.1 Å². The Balaban J connectivity index is 1.27. The molecule has 0 aliphatic carbocycles. The lowest BCUT2D eigenvalue weighted by Gasteiger charge is -2.46. The van der Waals surface area contributed by atoms with Crippen LogP contribution in [-0.2, 0) is 57.1 Å². The number of carbonyl (C=O) groups is 4. The van der Waals surface area contributed by atoms with E-state index in [4.69, 9.17) is 43.6 Å². The minimum absolute atomic E-state index is 0.0236. The molecule has 0 bridgehead atoms. The summed E-state index contributed by atoms with van der Waals surface area (Å²) < 4.78 is 44.3. The highest BCUT2D eigenvalue weighted by Gasteiger charge is 2.52. The number of rotatable bonds is 32. The van der Waals surface area contributed by atoms with Crippen molar-refractivity contribution in [1.29, 1.82) is 0 Å². The Morgan fingerprint density at radius 2 is 0.895 bits per heavy atom. The number of aliphatic hydroxyl groups excluding tert-OH is 13. The van der Waals surface area contributed by atoms with Crippen LogP contribution in [0.3, 0.4) is 0 Å². The van der Waals surface area contributed by atoms with E-state index in [1.54, 1.807) is 0 Å². The Morgan fingerprint density at radius 3 is 1.42 bits per heavy atom. The highest BCUT2D eigenvalue weighted by atomic mass is 16.8. The summed E-state index contributed by atoms with van der Waals surface area (Å²) in [4.78, 5) is 52.7. The van der Waals surface area contributed by atoms with Crippen LogP contribution in [0.5, 0.6) is 0 Å². The van der Waals surface area contributed by atoms with Gasteiger partial charge in [-0.05, 0) is 39.2 Å².